The lowest BCUT2D eigenvalue weighted by Gasteiger charge is -2.18. The highest BCUT2D eigenvalue weighted by Crippen LogP contribution is 2.49. The van der Waals surface area contributed by atoms with Crippen LogP contribution in [-0.2, 0) is 0 Å². The summed E-state index contributed by atoms with van der Waals surface area (Å²) in [6.07, 6.45) is 0. The van der Waals surface area contributed by atoms with Crippen LogP contribution in [0.15, 0.2) is 179 Å². The molecule has 0 bridgehead atoms. The number of furan rings is 2. The molecule has 0 aliphatic rings. The Labute approximate surface area is 277 Å². The van der Waals surface area contributed by atoms with E-state index in [9.17, 15) is 0 Å². The van der Waals surface area contributed by atoms with Crippen LogP contribution < -0.4 is 0 Å². The summed E-state index contributed by atoms with van der Waals surface area (Å²) in [5, 5.41) is 7.95. The Kier molecular flexibility index (Phi) is 5.91. The molecule has 0 aliphatic carbocycles. The Morgan fingerprint density at radius 2 is 0.812 bits per heavy atom. The topological polar surface area (TPSA) is 26.3 Å². The largest absolute Gasteiger partial charge is 0.456 e. The summed E-state index contributed by atoms with van der Waals surface area (Å²) in [6, 6.07) is 60.2. The number of benzene rings is 8. The molecule has 0 spiro atoms. The zero-order valence-corrected chi connectivity index (χ0v) is 26.0. The van der Waals surface area contributed by atoms with Crippen LogP contribution >= 0.6 is 0 Å². The van der Waals surface area contributed by atoms with E-state index in [0.29, 0.717) is 0 Å². The monoisotopic (exact) mass is 612 g/mol. The summed E-state index contributed by atoms with van der Waals surface area (Å²) in [6.45, 7) is 0. The summed E-state index contributed by atoms with van der Waals surface area (Å²) in [5.74, 6) is 0.841. The predicted octanol–water partition coefficient (Wildman–Crippen LogP) is 13.3. The van der Waals surface area contributed by atoms with Gasteiger partial charge in [0.2, 0.25) is 0 Å². The van der Waals surface area contributed by atoms with Gasteiger partial charge in [-0.3, -0.25) is 0 Å². The average molecular weight is 613 g/mol. The molecule has 2 heterocycles. The molecule has 224 valence electrons. The first kappa shape index (κ1) is 26.8. The number of hydrogen-bond donors (Lipinski definition) is 0. The third kappa shape index (κ3) is 4.06. The Hall–Kier alpha value is -6.38. The van der Waals surface area contributed by atoms with Gasteiger partial charge in [0.05, 0.1) is 5.39 Å². The Morgan fingerprint density at radius 3 is 1.46 bits per heavy atom. The van der Waals surface area contributed by atoms with Crippen molar-refractivity contribution in [3.63, 3.8) is 0 Å². The number of fused-ring (bicyclic) bond motifs is 7. The van der Waals surface area contributed by atoms with Crippen LogP contribution in [0, 0.1) is 0 Å². The molecule has 0 atom stereocenters. The molecular weight excluding hydrogens is 585 g/mol. The number of rotatable bonds is 4. The van der Waals surface area contributed by atoms with Crippen LogP contribution in [0.2, 0.25) is 0 Å². The lowest BCUT2D eigenvalue weighted by molar-refractivity contribution is 0.633. The third-order valence-electron chi connectivity index (χ3n) is 9.69. The molecule has 10 aromatic rings. The van der Waals surface area contributed by atoms with Crippen LogP contribution in [-0.4, -0.2) is 0 Å². The van der Waals surface area contributed by atoms with E-state index in [2.05, 4.69) is 152 Å². The normalized spacial score (nSPS) is 11.8. The minimum atomic E-state index is 0.821. The third-order valence-corrected chi connectivity index (χ3v) is 9.69. The molecule has 2 heteroatoms. The first-order chi connectivity index (χ1) is 23.8. The highest BCUT2D eigenvalue weighted by Gasteiger charge is 2.23. The van der Waals surface area contributed by atoms with Crippen molar-refractivity contribution in [3.8, 4) is 44.7 Å². The standard InChI is InChI=1S/C46H28O2/c1-3-13-29(14-4-1)30-23-25-32(26-24-30)43-33-17-7-9-19-35(33)44(36-20-10-8-18-34(36)43)38-27-42-45(37-21-11-12-22-40(37)47-42)46-39(38)28-41(48-46)31-15-5-2-6-16-31/h1-28H. The molecule has 2 nitrogen and oxygen atoms in total. The lowest BCUT2D eigenvalue weighted by Crippen LogP contribution is -1.91. The van der Waals surface area contributed by atoms with Crippen LogP contribution in [0.5, 0.6) is 0 Å². The fourth-order valence-electron chi connectivity index (χ4n) is 7.53. The van der Waals surface area contributed by atoms with E-state index in [-0.39, 0.29) is 0 Å². The molecular formula is C46H28O2. The average Bonchev–Trinajstić information content (AvgIpc) is 3.77. The fraction of sp³-hybridized carbons (Fsp3) is 0. The summed E-state index contributed by atoms with van der Waals surface area (Å²) in [7, 11) is 0. The van der Waals surface area contributed by atoms with Crippen molar-refractivity contribution in [2.45, 2.75) is 0 Å². The number of para-hydroxylation sites is 1. The van der Waals surface area contributed by atoms with Gasteiger partial charge in [-0.25, -0.2) is 0 Å². The van der Waals surface area contributed by atoms with Gasteiger partial charge in [-0.1, -0.05) is 152 Å². The van der Waals surface area contributed by atoms with E-state index < -0.39 is 0 Å². The van der Waals surface area contributed by atoms with Gasteiger partial charge in [0, 0.05) is 16.3 Å². The Balaban J connectivity index is 1.30. The molecule has 0 radical (unpaired) electrons. The summed E-state index contributed by atoms with van der Waals surface area (Å²) >= 11 is 0. The maximum atomic E-state index is 6.80. The van der Waals surface area contributed by atoms with Crippen LogP contribution in [0.3, 0.4) is 0 Å². The van der Waals surface area contributed by atoms with Crippen molar-refractivity contribution in [1.82, 2.24) is 0 Å². The molecule has 0 N–H and O–H groups in total. The molecule has 0 saturated carbocycles. The summed E-state index contributed by atoms with van der Waals surface area (Å²) in [4.78, 5) is 0. The number of hydrogen-bond acceptors (Lipinski definition) is 2. The zero-order chi connectivity index (χ0) is 31.6. The van der Waals surface area contributed by atoms with E-state index >= 15 is 0 Å². The van der Waals surface area contributed by atoms with Crippen LogP contribution in [0.4, 0.5) is 0 Å². The van der Waals surface area contributed by atoms with Crippen molar-refractivity contribution >= 4 is 54.5 Å². The first-order valence-corrected chi connectivity index (χ1v) is 16.3. The molecule has 0 aliphatic heterocycles. The van der Waals surface area contributed by atoms with Crippen LogP contribution in [0.25, 0.3) is 99.2 Å². The van der Waals surface area contributed by atoms with E-state index in [1.165, 1.54) is 49.4 Å². The minimum Gasteiger partial charge on any atom is -0.456 e. The zero-order valence-electron chi connectivity index (χ0n) is 26.0. The van der Waals surface area contributed by atoms with Gasteiger partial charge in [-0.15, -0.1) is 0 Å². The van der Waals surface area contributed by atoms with Gasteiger partial charge >= 0.3 is 0 Å². The molecule has 48 heavy (non-hydrogen) atoms. The molecule has 0 unspecified atom stereocenters. The smallest absolute Gasteiger partial charge is 0.147 e. The van der Waals surface area contributed by atoms with Crippen molar-refractivity contribution in [2.75, 3.05) is 0 Å². The van der Waals surface area contributed by atoms with Crippen molar-refractivity contribution in [1.29, 1.82) is 0 Å². The molecule has 0 amide bonds. The highest BCUT2D eigenvalue weighted by molar-refractivity contribution is 6.27. The highest BCUT2D eigenvalue weighted by atomic mass is 16.3. The van der Waals surface area contributed by atoms with E-state index in [1.54, 1.807) is 0 Å². The van der Waals surface area contributed by atoms with E-state index in [1.807, 2.05) is 18.2 Å². The summed E-state index contributed by atoms with van der Waals surface area (Å²) in [5.41, 5.74) is 10.7. The second kappa shape index (κ2) is 10.6. The molecule has 0 saturated heterocycles. The lowest BCUT2D eigenvalue weighted by atomic mass is 9.84. The van der Waals surface area contributed by atoms with Gasteiger partial charge in [0.25, 0.3) is 0 Å². The van der Waals surface area contributed by atoms with Crippen molar-refractivity contribution in [3.05, 3.63) is 170 Å². The Morgan fingerprint density at radius 1 is 0.312 bits per heavy atom. The van der Waals surface area contributed by atoms with Crippen molar-refractivity contribution in [2.24, 2.45) is 0 Å². The van der Waals surface area contributed by atoms with Crippen LogP contribution in [0.1, 0.15) is 0 Å². The second-order valence-corrected chi connectivity index (χ2v) is 12.4. The predicted molar refractivity (Wildman–Crippen MR) is 200 cm³/mol. The molecule has 8 aromatic carbocycles. The quantitative estimate of drug-likeness (QED) is 0.185. The fourth-order valence-corrected chi connectivity index (χ4v) is 7.53. The Bertz CT molecular complexity index is 2750. The molecule has 2 aromatic heterocycles. The maximum absolute atomic E-state index is 6.80. The van der Waals surface area contributed by atoms with E-state index in [4.69, 9.17) is 8.83 Å². The van der Waals surface area contributed by atoms with Gasteiger partial charge < -0.3 is 8.83 Å². The molecule has 10 rings (SSSR count). The van der Waals surface area contributed by atoms with Gasteiger partial charge in [-0.2, -0.15) is 0 Å². The minimum absolute atomic E-state index is 0.821. The SMILES string of the molecule is c1ccc(-c2ccc(-c3c4ccccc4c(-c4cc5oc6ccccc6c5c5oc(-c6ccccc6)cc45)c4ccccc34)cc2)cc1. The van der Waals surface area contributed by atoms with Gasteiger partial charge in [-0.05, 0) is 73.1 Å². The van der Waals surface area contributed by atoms with Gasteiger partial charge in [0.1, 0.15) is 22.5 Å². The maximum Gasteiger partial charge on any atom is 0.147 e. The van der Waals surface area contributed by atoms with E-state index in [0.717, 1.165) is 49.8 Å². The summed E-state index contributed by atoms with van der Waals surface area (Å²) < 4.78 is 13.3. The molecule has 0 fully saturated rings. The second-order valence-electron chi connectivity index (χ2n) is 12.4. The van der Waals surface area contributed by atoms with Gasteiger partial charge in [0.15, 0.2) is 0 Å². The first-order valence-electron chi connectivity index (χ1n) is 16.3. The van der Waals surface area contributed by atoms with Crippen molar-refractivity contribution < 1.29 is 8.83 Å².